The molecule has 1 atom stereocenters. The fraction of sp³-hybridized carbons (Fsp3) is 0.269. The second kappa shape index (κ2) is 9.13. The fourth-order valence-electron chi connectivity index (χ4n) is 4.13. The lowest BCUT2D eigenvalue weighted by molar-refractivity contribution is -0.137. The average molecular weight is 414 g/mol. The summed E-state index contributed by atoms with van der Waals surface area (Å²) in [6.45, 7) is 5.26. The van der Waals surface area contributed by atoms with Crippen LogP contribution in [0.3, 0.4) is 0 Å². The van der Waals surface area contributed by atoms with Crippen LogP contribution in [0.5, 0.6) is 0 Å². The summed E-state index contributed by atoms with van der Waals surface area (Å²) >= 11 is 0. The largest absolute Gasteiger partial charge is 0.332 e. The zero-order chi connectivity index (χ0) is 21.8. The van der Waals surface area contributed by atoms with Crippen LogP contribution in [0.2, 0.25) is 0 Å². The highest BCUT2D eigenvalue weighted by molar-refractivity contribution is 6.00. The molecule has 0 spiro atoms. The molecule has 1 aliphatic rings. The lowest BCUT2D eigenvalue weighted by Gasteiger charge is -2.26. The van der Waals surface area contributed by atoms with Gasteiger partial charge >= 0.3 is 0 Å². The van der Waals surface area contributed by atoms with E-state index in [1.807, 2.05) is 91.5 Å². The molecule has 2 heterocycles. The number of rotatable bonds is 6. The van der Waals surface area contributed by atoms with E-state index in [9.17, 15) is 9.59 Å². The number of hydrogen-bond donors (Lipinski definition) is 0. The van der Waals surface area contributed by atoms with Gasteiger partial charge in [-0.1, -0.05) is 54.6 Å². The molecule has 0 radical (unpaired) electrons. The Kier molecular flexibility index (Phi) is 6.12. The van der Waals surface area contributed by atoms with Crippen molar-refractivity contribution in [3.63, 3.8) is 0 Å². The van der Waals surface area contributed by atoms with E-state index in [1.54, 1.807) is 4.90 Å². The normalized spacial score (nSPS) is 15.9. The Morgan fingerprint density at radius 1 is 0.968 bits per heavy atom. The molecule has 3 aromatic rings. The Balaban J connectivity index is 1.56. The van der Waals surface area contributed by atoms with Gasteiger partial charge in [-0.2, -0.15) is 0 Å². The van der Waals surface area contributed by atoms with E-state index in [1.165, 1.54) is 0 Å². The quantitative estimate of drug-likeness (QED) is 0.606. The number of anilines is 1. The van der Waals surface area contributed by atoms with Gasteiger partial charge in [-0.3, -0.25) is 14.6 Å². The van der Waals surface area contributed by atoms with Gasteiger partial charge in [-0.25, -0.2) is 0 Å². The van der Waals surface area contributed by atoms with Crippen molar-refractivity contribution in [2.45, 2.75) is 33.4 Å². The van der Waals surface area contributed by atoms with Crippen molar-refractivity contribution in [2.75, 3.05) is 11.4 Å². The van der Waals surface area contributed by atoms with Crippen molar-refractivity contribution in [3.8, 4) is 0 Å². The third kappa shape index (κ3) is 4.82. The molecule has 158 valence electrons. The SMILES string of the molecule is Cc1cccc(CN(Cc2ccccc2)C(=O)C2CC(=O)N(c3ccccc3C)C2)n1. The molecule has 5 heteroatoms. The van der Waals surface area contributed by atoms with Crippen LogP contribution in [0.25, 0.3) is 0 Å². The molecule has 5 nitrogen and oxygen atoms in total. The minimum absolute atomic E-state index is 0.000918. The third-order valence-electron chi connectivity index (χ3n) is 5.71. The Hall–Kier alpha value is -3.47. The summed E-state index contributed by atoms with van der Waals surface area (Å²) in [5.74, 6) is -0.363. The van der Waals surface area contributed by atoms with Crippen LogP contribution in [0, 0.1) is 19.8 Å². The molecular weight excluding hydrogens is 386 g/mol. The van der Waals surface area contributed by atoms with Crippen molar-refractivity contribution in [1.82, 2.24) is 9.88 Å². The van der Waals surface area contributed by atoms with E-state index >= 15 is 0 Å². The first-order chi connectivity index (χ1) is 15.0. The van der Waals surface area contributed by atoms with Gasteiger partial charge in [0.05, 0.1) is 18.2 Å². The van der Waals surface area contributed by atoms with Crippen molar-refractivity contribution in [2.24, 2.45) is 5.92 Å². The molecule has 4 rings (SSSR count). The van der Waals surface area contributed by atoms with Crippen LogP contribution < -0.4 is 4.90 Å². The number of para-hydroxylation sites is 1. The summed E-state index contributed by atoms with van der Waals surface area (Å²) in [6.07, 6.45) is 0.236. The minimum Gasteiger partial charge on any atom is -0.332 e. The molecule has 1 saturated heterocycles. The molecule has 0 bridgehead atoms. The third-order valence-corrected chi connectivity index (χ3v) is 5.71. The summed E-state index contributed by atoms with van der Waals surface area (Å²) in [7, 11) is 0. The van der Waals surface area contributed by atoms with Crippen molar-refractivity contribution in [1.29, 1.82) is 0 Å². The van der Waals surface area contributed by atoms with Crippen molar-refractivity contribution < 1.29 is 9.59 Å². The highest BCUT2D eigenvalue weighted by atomic mass is 16.2. The standard InChI is InChI=1S/C26H27N3O2/c1-19-9-6-7-14-24(19)29-17-22(15-25(29)30)26(31)28(16-21-11-4-3-5-12-21)18-23-13-8-10-20(2)27-23/h3-14,22H,15-18H2,1-2H3. The number of aromatic nitrogens is 1. The minimum atomic E-state index is -0.361. The first-order valence-corrected chi connectivity index (χ1v) is 10.6. The first-order valence-electron chi connectivity index (χ1n) is 10.6. The van der Waals surface area contributed by atoms with E-state index < -0.39 is 0 Å². The topological polar surface area (TPSA) is 53.5 Å². The lowest BCUT2D eigenvalue weighted by Crippen LogP contribution is -2.37. The summed E-state index contributed by atoms with van der Waals surface area (Å²) in [4.78, 5) is 34.5. The molecule has 0 saturated carbocycles. The van der Waals surface area contributed by atoms with Gasteiger partial charge in [0.2, 0.25) is 11.8 Å². The Labute approximate surface area is 183 Å². The molecule has 2 aromatic carbocycles. The highest BCUT2D eigenvalue weighted by Gasteiger charge is 2.37. The number of carbonyl (C=O) groups is 2. The van der Waals surface area contributed by atoms with Gasteiger partial charge in [0.25, 0.3) is 0 Å². The second-order valence-corrected chi connectivity index (χ2v) is 8.14. The summed E-state index contributed by atoms with van der Waals surface area (Å²) in [5, 5.41) is 0. The molecule has 1 fully saturated rings. The molecule has 1 unspecified atom stereocenters. The van der Waals surface area contributed by atoms with E-state index in [0.717, 1.165) is 28.2 Å². The predicted molar refractivity (Wildman–Crippen MR) is 121 cm³/mol. The summed E-state index contributed by atoms with van der Waals surface area (Å²) < 4.78 is 0. The van der Waals surface area contributed by atoms with Gasteiger partial charge in [-0.05, 0) is 43.2 Å². The lowest BCUT2D eigenvalue weighted by atomic mass is 10.1. The number of aryl methyl sites for hydroxylation is 2. The first kappa shape index (κ1) is 20.8. The van der Waals surface area contributed by atoms with Crippen LogP contribution in [0.4, 0.5) is 5.69 Å². The van der Waals surface area contributed by atoms with Crippen LogP contribution >= 0.6 is 0 Å². The molecule has 31 heavy (non-hydrogen) atoms. The number of carbonyl (C=O) groups excluding carboxylic acids is 2. The number of nitrogens with zero attached hydrogens (tertiary/aromatic N) is 3. The summed E-state index contributed by atoms with van der Waals surface area (Å²) in [6, 6.07) is 23.6. The predicted octanol–water partition coefficient (Wildman–Crippen LogP) is 4.28. The highest BCUT2D eigenvalue weighted by Crippen LogP contribution is 2.29. The van der Waals surface area contributed by atoms with Gasteiger partial charge in [-0.15, -0.1) is 0 Å². The Bertz CT molecular complexity index is 1080. The molecule has 0 aliphatic carbocycles. The maximum absolute atomic E-state index is 13.6. The van der Waals surface area contributed by atoms with Crippen LogP contribution in [-0.4, -0.2) is 28.2 Å². The zero-order valence-electron chi connectivity index (χ0n) is 18.0. The van der Waals surface area contributed by atoms with Crippen LogP contribution in [0.15, 0.2) is 72.8 Å². The molecule has 1 aromatic heterocycles. The second-order valence-electron chi connectivity index (χ2n) is 8.14. The zero-order valence-corrected chi connectivity index (χ0v) is 18.0. The van der Waals surface area contributed by atoms with Crippen molar-refractivity contribution in [3.05, 3.63) is 95.3 Å². The Morgan fingerprint density at radius 3 is 2.45 bits per heavy atom. The van der Waals surface area contributed by atoms with E-state index in [2.05, 4.69) is 4.98 Å². The molecule has 0 N–H and O–H groups in total. The summed E-state index contributed by atoms with van der Waals surface area (Å²) in [5.41, 5.74) is 4.76. The maximum atomic E-state index is 13.6. The maximum Gasteiger partial charge on any atom is 0.228 e. The van der Waals surface area contributed by atoms with Crippen LogP contribution in [-0.2, 0) is 22.7 Å². The molecule has 2 amide bonds. The fourth-order valence-corrected chi connectivity index (χ4v) is 4.13. The molecule has 1 aliphatic heterocycles. The van der Waals surface area contributed by atoms with Crippen molar-refractivity contribution >= 4 is 17.5 Å². The number of amides is 2. The van der Waals surface area contributed by atoms with Gasteiger partial charge < -0.3 is 9.80 Å². The number of benzene rings is 2. The number of hydrogen-bond acceptors (Lipinski definition) is 3. The van der Waals surface area contributed by atoms with Gasteiger partial charge in [0.1, 0.15) is 0 Å². The molecular formula is C26H27N3O2. The average Bonchev–Trinajstić information content (AvgIpc) is 3.15. The van der Waals surface area contributed by atoms with E-state index in [-0.39, 0.29) is 24.2 Å². The Morgan fingerprint density at radius 2 is 1.71 bits per heavy atom. The van der Waals surface area contributed by atoms with Gasteiger partial charge in [0.15, 0.2) is 0 Å². The van der Waals surface area contributed by atoms with Crippen LogP contribution in [0.1, 0.15) is 28.9 Å². The van der Waals surface area contributed by atoms with Gasteiger partial charge in [0, 0.05) is 30.9 Å². The monoisotopic (exact) mass is 413 g/mol. The number of pyridine rings is 1. The smallest absolute Gasteiger partial charge is 0.228 e. The van der Waals surface area contributed by atoms with E-state index in [4.69, 9.17) is 0 Å². The van der Waals surface area contributed by atoms with E-state index in [0.29, 0.717) is 19.6 Å².